The molecule has 0 amide bonds. The van der Waals surface area contributed by atoms with Crippen molar-refractivity contribution in [1.82, 2.24) is 0 Å². The number of benzene rings is 6. The number of nitrogens with zero attached hydrogens (tertiary/aromatic N) is 8. The molecule has 0 aromatic heterocycles. The summed E-state index contributed by atoms with van der Waals surface area (Å²) in [7, 11) is -4.83. The van der Waals surface area contributed by atoms with E-state index in [0.29, 0.717) is 50.9 Å². The lowest BCUT2D eigenvalue weighted by Crippen LogP contribution is -2.02. The van der Waals surface area contributed by atoms with Crippen LogP contribution in [0, 0.1) is 10.4 Å². The summed E-state index contributed by atoms with van der Waals surface area (Å²) < 4.78 is 39.5. The van der Waals surface area contributed by atoms with Gasteiger partial charge < -0.3 is 10.4 Å². The van der Waals surface area contributed by atoms with Crippen LogP contribution in [0.2, 0.25) is 0 Å². The molecule has 0 atom stereocenters. The molecule has 0 spiro atoms. The number of hydrogen-bond donors (Lipinski definition) is 2. The van der Waals surface area contributed by atoms with Crippen molar-refractivity contribution >= 4 is 79.8 Å². The van der Waals surface area contributed by atoms with E-state index in [0.717, 1.165) is 6.07 Å². The lowest BCUT2D eigenvalue weighted by atomic mass is 10.1. The second-order valence-electron chi connectivity index (χ2n) is 11.3. The molecule has 18 heteroatoms. The molecule has 6 aromatic carbocycles. The van der Waals surface area contributed by atoms with Crippen molar-refractivity contribution < 1.29 is 37.3 Å². The molecule has 0 unspecified atom stereocenters. The second-order valence-corrected chi connectivity index (χ2v) is 13.5. The highest BCUT2D eigenvalue weighted by atomic mass is 32.2. The molecular formula is C38H28N8O8S2. The molecule has 56 heavy (non-hydrogen) atoms. The van der Waals surface area contributed by atoms with Crippen LogP contribution in [0.15, 0.2) is 186 Å². The SMILES string of the molecule is O=S(=O)(O)c1cc([N+]([O-])=Nc2ccc(N=Nc3ccccc3)cc2)ccc1C=Cc1ccc([N+]([O-])=Nc2ccc(N=Nc3ccccc3)cc2)cc1SOOO. The summed E-state index contributed by atoms with van der Waals surface area (Å²) in [5.74, 6) is 0. The van der Waals surface area contributed by atoms with Crippen LogP contribution in [0.25, 0.3) is 12.2 Å². The molecule has 0 bridgehead atoms. The van der Waals surface area contributed by atoms with E-state index < -0.39 is 15.0 Å². The van der Waals surface area contributed by atoms with Gasteiger partial charge in [-0.25, -0.2) is 5.26 Å². The van der Waals surface area contributed by atoms with E-state index in [-0.39, 0.29) is 32.4 Å². The minimum atomic E-state index is -4.83. The Morgan fingerprint density at radius 2 is 0.964 bits per heavy atom. The molecule has 0 heterocycles. The summed E-state index contributed by atoms with van der Waals surface area (Å²) in [6, 6.07) is 39.1. The van der Waals surface area contributed by atoms with Gasteiger partial charge in [0, 0.05) is 34.5 Å². The fourth-order valence-corrected chi connectivity index (χ4v) is 6.01. The summed E-state index contributed by atoms with van der Waals surface area (Å²) in [5, 5.41) is 63.1. The van der Waals surface area contributed by atoms with Crippen molar-refractivity contribution in [3.05, 3.63) is 167 Å². The Balaban J connectivity index is 1.19. The van der Waals surface area contributed by atoms with Gasteiger partial charge in [-0.2, -0.15) is 28.9 Å². The molecular weight excluding hydrogens is 761 g/mol. The Bertz CT molecular complexity index is 2550. The van der Waals surface area contributed by atoms with E-state index in [4.69, 9.17) is 5.26 Å². The highest BCUT2D eigenvalue weighted by Gasteiger charge is 2.19. The molecule has 0 radical (unpaired) electrons. The molecule has 0 saturated carbocycles. The zero-order valence-corrected chi connectivity index (χ0v) is 30.4. The number of azo groups is 4. The van der Waals surface area contributed by atoms with Gasteiger partial charge in [0.25, 0.3) is 10.1 Å². The Morgan fingerprint density at radius 3 is 1.43 bits per heavy atom. The van der Waals surface area contributed by atoms with Gasteiger partial charge in [-0.3, -0.25) is 4.55 Å². The molecule has 0 aliphatic heterocycles. The molecule has 6 rings (SSSR count). The topological polar surface area (TPSA) is 219 Å². The first-order chi connectivity index (χ1) is 27.1. The summed E-state index contributed by atoms with van der Waals surface area (Å²) in [4.78, 5) is 0.269. The summed E-state index contributed by atoms with van der Waals surface area (Å²) in [5.41, 5.74) is 3.32. The highest BCUT2D eigenvalue weighted by molar-refractivity contribution is 7.94. The lowest BCUT2D eigenvalue weighted by Gasteiger charge is -2.07. The minimum Gasteiger partial charge on any atom is -0.594 e. The van der Waals surface area contributed by atoms with Crippen LogP contribution in [0.4, 0.5) is 45.5 Å². The Labute approximate surface area is 323 Å². The molecule has 2 N–H and O–H groups in total. The van der Waals surface area contributed by atoms with Gasteiger partial charge in [0.1, 0.15) is 16.3 Å². The first-order valence-electron chi connectivity index (χ1n) is 16.2. The highest BCUT2D eigenvalue weighted by Crippen LogP contribution is 2.32. The van der Waals surface area contributed by atoms with Crippen molar-refractivity contribution in [3.63, 3.8) is 0 Å². The third-order valence-corrected chi connectivity index (χ3v) is 9.07. The maximum Gasteiger partial charge on any atom is 0.295 e. The molecule has 16 nitrogen and oxygen atoms in total. The van der Waals surface area contributed by atoms with Crippen molar-refractivity contribution in [3.8, 4) is 0 Å². The maximum atomic E-state index is 13.0. The summed E-state index contributed by atoms with van der Waals surface area (Å²) in [6.45, 7) is 0. The maximum absolute atomic E-state index is 13.0. The van der Waals surface area contributed by atoms with Crippen LogP contribution >= 0.6 is 12.0 Å². The average molecular weight is 789 g/mol. The van der Waals surface area contributed by atoms with Gasteiger partial charge in [-0.05, 0) is 96.1 Å². The predicted octanol–water partition coefficient (Wildman–Crippen LogP) is 12.2. The van der Waals surface area contributed by atoms with Gasteiger partial charge in [0.15, 0.2) is 0 Å². The number of rotatable bonds is 14. The third-order valence-electron chi connectivity index (χ3n) is 7.50. The lowest BCUT2D eigenvalue weighted by molar-refractivity contribution is -0.435. The molecule has 6 aromatic rings. The molecule has 280 valence electrons. The van der Waals surface area contributed by atoms with Gasteiger partial charge in [0.2, 0.25) is 11.4 Å². The quantitative estimate of drug-likeness (QED) is 0.0203. The molecule has 0 aliphatic rings. The molecule has 0 fully saturated rings. The predicted molar refractivity (Wildman–Crippen MR) is 207 cm³/mol. The van der Waals surface area contributed by atoms with Crippen LogP contribution < -0.4 is 0 Å². The third kappa shape index (κ3) is 10.9. The van der Waals surface area contributed by atoms with Crippen molar-refractivity contribution in [2.45, 2.75) is 9.79 Å². The van der Waals surface area contributed by atoms with E-state index in [1.54, 1.807) is 48.5 Å². The standard InChI is InChI=1S/C38H28N8O8S2/c47-45(43-33-19-15-31(16-20-33)41-39-29-7-3-1-4-8-29)35-23-13-27(37(25-35)55-54-53-49)11-12-28-14-24-36(26-38(28)56(50,51)52)46(48)44-34-21-17-32(18-22-34)42-40-30-9-5-2-6-10-30/h1-26,49H,(H,50,51,52). The smallest absolute Gasteiger partial charge is 0.295 e. The number of hydrogen-bond acceptors (Lipinski definition) is 14. The van der Waals surface area contributed by atoms with Crippen LogP contribution in [0.5, 0.6) is 0 Å². The fourth-order valence-electron chi connectivity index (χ4n) is 4.80. The summed E-state index contributed by atoms with van der Waals surface area (Å²) in [6.07, 6.45) is 2.82. The van der Waals surface area contributed by atoms with E-state index in [2.05, 4.69) is 40.1 Å². The zero-order chi connectivity index (χ0) is 39.3. The van der Waals surface area contributed by atoms with Crippen LogP contribution in [-0.2, 0) is 19.5 Å². The van der Waals surface area contributed by atoms with Gasteiger partial charge in [0.05, 0.1) is 39.7 Å². The molecule has 0 saturated heterocycles. The van der Waals surface area contributed by atoms with Crippen LogP contribution in [0.3, 0.4) is 0 Å². The van der Waals surface area contributed by atoms with Gasteiger partial charge in [-0.1, -0.05) is 63.3 Å². The first kappa shape index (κ1) is 38.9. The van der Waals surface area contributed by atoms with Crippen LogP contribution in [-0.4, -0.2) is 27.9 Å². The Hall–Kier alpha value is -6.80. The van der Waals surface area contributed by atoms with E-state index in [1.807, 2.05) is 48.5 Å². The minimum absolute atomic E-state index is 0.0179. The van der Waals surface area contributed by atoms with Crippen molar-refractivity contribution in [2.24, 2.45) is 30.7 Å². The van der Waals surface area contributed by atoms with Gasteiger partial charge in [-0.15, -0.1) is 4.33 Å². The van der Waals surface area contributed by atoms with Crippen molar-refractivity contribution in [1.29, 1.82) is 0 Å². The summed E-state index contributed by atoms with van der Waals surface area (Å²) >= 11 is 0.552. The second kappa shape index (κ2) is 18.5. The normalized spacial score (nSPS) is 12.6. The largest absolute Gasteiger partial charge is 0.594 e. The van der Waals surface area contributed by atoms with E-state index >= 15 is 0 Å². The monoisotopic (exact) mass is 788 g/mol. The zero-order valence-electron chi connectivity index (χ0n) is 28.7. The van der Waals surface area contributed by atoms with E-state index in [1.165, 1.54) is 54.6 Å². The Morgan fingerprint density at radius 1 is 0.554 bits per heavy atom. The van der Waals surface area contributed by atoms with Crippen molar-refractivity contribution in [2.75, 3.05) is 0 Å². The van der Waals surface area contributed by atoms with Gasteiger partial charge >= 0.3 is 0 Å². The average Bonchev–Trinajstić information content (AvgIpc) is 3.22. The fraction of sp³-hybridized carbons (Fsp3) is 0. The van der Waals surface area contributed by atoms with Crippen LogP contribution in [0.1, 0.15) is 11.1 Å². The first-order valence-corrected chi connectivity index (χ1v) is 18.4. The van der Waals surface area contributed by atoms with E-state index in [9.17, 15) is 23.4 Å². The molecule has 0 aliphatic carbocycles. The Kier molecular flexibility index (Phi) is 12.8.